The summed E-state index contributed by atoms with van der Waals surface area (Å²) in [6.45, 7) is 0. The fourth-order valence-corrected chi connectivity index (χ4v) is 1.93. The van der Waals surface area contributed by atoms with Crippen LogP contribution in [-0.2, 0) is 0 Å². The Hall–Kier alpha value is -2.18. The predicted octanol–water partition coefficient (Wildman–Crippen LogP) is 1.92. The van der Waals surface area contributed by atoms with Crippen LogP contribution in [0.2, 0.25) is 0 Å². The van der Waals surface area contributed by atoms with Crippen LogP contribution in [0.1, 0.15) is 0 Å². The number of halogens is 4. The van der Waals surface area contributed by atoms with Crippen molar-refractivity contribution in [3.63, 3.8) is 0 Å². The zero-order chi connectivity index (χ0) is 15.6. The predicted molar refractivity (Wildman–Crippen MR) is 70.8 cm³/mol. The third-order valence-electron chi connectivity index (χ3n) is 2.82. The number of rotatable bonds is 4. The third-order valence-corrected chi connectivity index (χ3v) is 2.82. The lowest BCUT2D eigenvalue weighted by molar-refractivity contribution is 0.387. The Morgan fingerprint density at radius 1 is 0.810 bits per heavy atom. The van der Waals surface area contributed by atoms with E-state index in [1.54, 1.807) is 0 Å². The average Bonchev–Trinajstić information content (AvgIpc) is 2.41. The molecule has 0 atom stereocenters. The van der Waals surface area contributed by atoms with Gasteiger partial charge in [-0.1, -0.05) is 0 Å². The molecule has 109 valence electrons. The van der Waals surface area contributed by atoms with E-state index in [1.807, 2.05) is 0 Å². The largest absolute Gasteiger partial charge is 0.497 e. The van der Waals surface area contributed by atoms with Crippen LogP contribution in [0.25, 0.3) is 0 Å². The molecule has 0 spiro atoms. The summed E-state index contributed by atoms with van der Waals surface area (Å²) in [5, 5.41) is 0. The van der Waals surface area contributed by atoms with E-state index in [9.17, 15) is 17.6 Å². The van der Waals surface area contributed by atoms with Crippen molar-refractivity contribution < 1.29 is 27.0 Å². The Balaban J connectivity index is 2.52. The smallest absolute Gasteiger partial charge is 0.205 e. The number of ether oxygens (including phenoxy) is 2. The van der Waals surface area contributed by atoms with Crippen LogP contribution in [0.15, 0.2) is 24.3 Å². The van der Waals surface area contributed by atoms with Gasteiger partial charge in [0.15, 0.2) is 5.82 Å². The van der Waals surface area contributed by atoms with Crippen molar-refractivity contribution in [2.45, 2.75) is 0 Å². The first-order valence-electron chi connectivity index (χ1n) is 5.87. The fraction of sp³-hybridized carbons (Fsp3) is 0.143. The van der Waals surface area contributed by atoms with Crippen LogP contribution in [0, 0.1) is 23.3 Å². The maximum atomic E-state index is 13.8. The quantitative estimate of drug-likeness (QED) is 0.634. The molecule has 0 fully saturated rings. The lowest BCUT2D eigenvalue weighted by Gasteiger charge is -2.12. The second-order valence-electron chi connectivity index (χ2n) is 4.16. The van der Waals surface area contributed by atoms with E-state index in [4.69, 9.17) is 9.47 Å². The minimum atomic E-state index is -0.926. The van der Waals surface area contributed by atoms with E-state index in [2.05, 4.69) is 0 Å². The summed E-state index contributed by atoms with van der Waals surface area (Å²) < 4.78 is 63.6. The van der Waals surface area contributed by atoms with Gasteiger partial charge in [0.2, 0.25) is 7.28 Å². The summed E-state index contributed by atoms with van der Waals surface area (Å²) in [6, 6.07) is 3.24. The zero-order valence-corrected chi connectivity index (χ0v) is 11.2. The lowest BCUT2D eigenvalue weighted by Crippen LogP contribution is -2.33. The summed E-state index contributed by atoms with van der Waals surface area (Å²) in [5.41, 5.74) is -0.166. The van der Waals surface area contributed by atoms with Gasteiger partial charge in [0.25, 0.3) is 0 Å². The Labute approximate surface area is 119 Å². The van der Waals surface area contributed by atoms with Gasteiger partial charge in [0.05, 0.1) is 14.2 Å². The first-order chi connectivity index (χ1) is 9.96. The van der Waals surface area contributed by atoms with E-state index in [0.717, 1.165) is 19.4 Å². The zero-order valence-electron chi connectivity index (χ0n) is 11.2. The molecule has 0 bridgehead atoms. The molecule has 0 saturated carbocycles. The highest BCUT2D eigenvalue weighted by Crippen LogP contribution is 2.17. The van der Waals surface area contributed by atoms with E-state index < -0.39 is 23.3 Å². The molecule has 2 nitrogen and oxygen atoms in total. The number of hydrogen-bond donors (Lipinski definition) is 0. The molecule has 0 unspecified atom stereocenters. The molecule has 1 radical (unpaired) electrons. The van der Waals surface area contributed by atoms with Gasteiger partial charge in [-0.15, -0.1) is 0 Å². The first kappa shape index (κ1) is 15.2. The Morgan fingerprint density at radius 2 is 1.43 bits per heavy atom. The van der Waals surface area contributed by atoms with E-state index >= 15 is 0 Å². The van der Waals surface area contributed by atoms with E-state index in [1.165, 1.54) is 14.2 Å². The highest BCUT2D eigenvalue weighted by molar-refractivity contribution is 6.69. The van der Waals surface area contributed by atoms with Crippen molar-refractivity contribution in [1.29, 1.82) is 0 Å². The molecule has 2 aromatic rings. The molecule has 0 heterocycles. The van der Waals surface area contributed by atoms with Gasteiger partial charge in [-0.3, -0.25) is 0 Å². The molecule has 7 heteroatoms. The molecule has 2 aromatic carbocycles. The van der Waals surface area contributed by atoms with Crippen LogP contribution in [-0.4, -0.2) is 21.5 Å². The van der Waals surface area contributed by atoms with Gasteiger partial charge >= 0.3 is 0 Å². The van der Waals surface area contributed by atoms with E-state index in [-0.39, 0.29) is 22.4 Å². The van der Waals surface area contributed by atoms with Crippen LogP contribution >= 0.6 is 0 Å². The molecule has 0 aliphatic carbocycles. The van der Waals surface area contributed by atoms with Crippen molar-refractivity contribution in [3.05, 3.63) is 47.5 Å². The van der Waals surface area contributed by atoms with Gasteiger partial charge in [0, 0.05) is 18.2 Å². The summed E-state index contributed by atoms with van der Waals surface area (Å²) in [7, 11) is 3.56. The molecule has 0 aliphatic rings. The highest BCUT2D eigenvalue weighted by Gasteiger charge is 2.19. The molecule has 0 N–H and O–H groups in total. The van der Waals surface area contributed by atoms with Crippen LogP contribution in [0.4, 0.5) is 17.6 Å². The second kappa shape index (κ2) is 6.07. The highest BCUT2D eigenvalue weighted by atomic mass is 19.1. The molecule has 2 rings (SSSR count). The maximum absolute atomic E-state index is 13.8. The summed E-state index contributed by atoms with van der Waals surface area (Å²) in [6.07, 6.45) is 0. The Kier molecular flexibility index (Phi) is 4.40. The Morgan fingerprint density at radius 3 is 2.05 bits per heavy atom. The minimum Gasteiger partial charge on any atom is -0.497 e. The molecular weight excluding hydrogens is 287 g/mol. The van der Waals surface area contributed by atoms with Gasteiger partial charge in [-0.25, -0.2) is 17.6 Å². The number of hydrogen-bond acceptors (Lipinski definition) is 2. The standard InChI is InChI=1S/C14H10BF4O2/c1-20-12-6-8(17)4-10(18)13(12)15-9-3-7(16)5-11(19)14(9)21-2/h3-6H,1-2H3. The number of benzene rings is 2. The van der Waals surface area contributed by atoms with Crippen molar-refractivity contribution in [3.8, 4) is 11.5 Å². The molecule has 0 amide bonds. The minimum absolute atomic E-state index is 0.0289. The average molecular weight is 297 g/mol. The van der Waals surface area contributed by atoms with Gasteiger partial charge in [-0.2, -0.15) is 0 Å². The van der Waals surface area contributed by atoms with Crippen LogP contribution in [0.5, 0.6) is 11.5 Å². The lowest BCUT2D eigenvalue weighted by atomic mass is 9.63. The molecular formula is C14H10BF4O2. The molecule has 0 saturated heterocycles. The maximum Gasteiger partial charge on any atom is 0.205 e. The van der Waals surface area contributed by atoms with Gasteiger partial charge in [0.1, 0.15) is 29.0 Å². The monoisotopic (exact) mass is 297 g/mol. The molecule has 0 aromatic heterocycles. The normalized spacial score (nSPS) is 10.4. The summed E-state index contributed by atoms with van der Waals surface area (Å²) in [4.78, 5) is 0. The fourth-order valence-electron chi connectivity index (χ4n) is 1.93. The third kappa shape index (κ3) is 3.12. The first-order valence-corrected chi connectivity index (χ1v) is 5.87. The Bertz CT molecular complexity index is 677. The van der Waals surface area contributed by atoms with Crippen LogP contribution in [0.3, 0.4) is 0 Å². The molecule has 21 heavy (non-hydrogen) atoms. The summed E-state index contributed by atoms with van der Waals surface area (Å²) in [5.74, 6) is -3.86. The van der Waals surface area contributed by atoms with Crippen molar-refractivity contribution in [2.24, 2.45) is 0 Å². The topological polar surface area (TPSA) is 18.5 Å². The number of methoxy groups -OCH3 is 2. The second-order valence-corrected chi connectivity index (χ2v) is 4.16. The SMILES string of the molecule is COc1cc(F)cc(F)c1[B]c1cc(F)cc(F)c1OC. The van der Waals surface area contributed by atoms with Crippen molar-refractivity contribution >= 4 is 18.2 Å². The summed E-state index contributed by atoms with van der Waals surface area (Å²) >= 11 is 0. The van der Waals surface area contributed by atoms with Gasteiger partial charge < -0.3 is 9.47 Å². The van der Waals surface area contributed by atoms with Crippen LogP contribution < -0.4 is 20.4 Å². The van der Waals surface area contributed by atoms with Crippen molar-refractivity contribution in [1.82, 2.24) is 0 Å². The van der Waals surface area contributed by atoms with Crippen molar-refractivity contribution in [2.75, 3.05) is 14.2 Å². The van der Waals surface area contributed by atoms with E-state index in [0.29, 0.717) is 12.1 Å². The van der Waals surface area contributed by atoms with Gasteiger partial charge in [-0.05, 0) is 17.0 Å². The molecule has 0 aliphatic heterocycles.